The Bertz CT molecular complexity index is 1180. The first kappa shape index (κ1) is 22.7. The van der Waals surface area contributed by atoms with Gasteiger partial charge in [-0.2, -0.15) is 4.99 Å². The third-order valence-electron chi connectivity index (χ3n) is 4.21. The van der Waals surface area contributed by atoms with Gasteiger partial charge in [0.2, 0.25) is 0 Å². The molecule has 0 unspecified atom stereocenters. The van der Waals surface area contributed by atoms with Crippen LogP contribution in [0, 0.1) is 0 Å². The molecule has 2 aromatic carbocycles. The Labute approximate surface area is 189 Å². The van der Waals surface area contributed by atoms with Gasteiger partial charge in [0.05, 0.1) is 21.3 Å². The van der Waals surface area contributed by atoms with E-state index in [0.29, 0.717) is 32.4 Å². The van der Waals surface area contributed by atoms with Crippen LogP contribution in [0.1, 0.15) is 26.3 Å². The summed E-state index contributed by atoms with van der Waals surface area (Å²) in [5.74, 6) is -1.28. The molecule has 0 atom stereocenters. The molecule has 0 saturated carbocycles. The molecule has 0 aliphatic rings. The molecular weight excluding hydrogens is 439 g/mol. The maximum Gasteiger partial charge on any atom is 0.434 e. The zero-order chi connectivity index (χ0) is 22.8. The van der Waals surface area contributed by atoms with Crippen LogP contribution in [0.5, 0.6) is 0 Å². The van der Waals surface area contributed by atoms with Crippen LogP contribution < -0.4 is 0 Å². The Hall–Kier alpha value is -2.96. The molecule has 0 aliphatic heterocycles. The number of amides is 1. The van der Waals surface area contributed by atoms with Crippen LogP contribution in [0.25, 0.3) is 22.2 Å². The van der Waals surface area contributed by atoms with E-state index in [1.165, 1.54) is 0 Å². The number of pyridine rings is 1. The van der Waals surface area contributed by atoms with Gasteiger partial charge in [0, 0.05) is 17.4 Å². The van der Waals surface area contributed by atoms with Gasteiger partial charge in [-0.25, -0.2) is 14.6 Å². The number of hydrogen-bond donors (Lipinski definition) is 1. The van der Waals surface area contributed by atoms with Crippen molar-refractivity contribution in [2.75, 3.05) is 0 Å². The van der Waals surface area contributed by atoms with Gasteiger partial charge in [0.15, 0.2) is 0 Å². The van der Waals surface area contributed by atoms with Crippen molar-refractivity contribution < 1.29 is 19.4 Å². The monoisotopic (exact) mass is 458 g/mol. The molecule has 0 saturated heterocycles. The van der Waals surface area contributed by atoms with Gasteiger partial charge in [0.1, 0.15) is 11.3 Å². The van der Waals surface area contributed by atoms with Crippen LogP contribution >= 0.6 is 23.2 Å². The van der Waals surface area contributed by atoms with Crippen molar-refractivity contribution in [1.82, 2.24) is 4.98 Å². The van der Waals surface area contributed by atoms with Gasteiger partial charge < -0.3 is 9.84 Å². The van der Waals surface area contributed by atoms with Crippen molar-refractivity contribution in [2.45, 2.75) is 32.8 Å². The van der Waals surface area contributed by atoms with Gasteiger partial charge in [-0.1, -0.05) is 41.4 Å². The number of carboxylic acids is 1. The molecule has 8 heteroatoms. The van der Waals surface area contributed by atoms with Gasteiger partial charge in [-0.3, -0.25) is 0 Å². The highest BCUT2D eigenvalue weighted by Crippen LogP contribution is 2.34. The topological polar surface area (TPSA) is 88.9 Å². The number of aromatic nitrogens is 1. The first-order chi connectivity index (χ1) is 14.5. The van der Waals surface area contributed by atoms with Gasteiger partial charge in [-0.05, 0) is 56.7 Å². The number of halogens is 2. The zero-order valence-corrected chi connectivity index (χ0v) is 18.7. The second-order valence-electron chi connectivity index (χ2n) is 7.84. The number of nitrogens with zero attached hydrogens (tertiary/aromatic N) is 2. The van der Waals surface area contributed by atoms with Crippen molar-refractivity contribution >= 4 is 51.9 Å². The standard InChI is InChI=1S/C23H20Cl2N2O4/c1-23(2,3)31-22(30)27-19(21(28)29)12-13-7-9-17-14(11-13)8-10-18(26-17)20-15(24)5-4-6-16(20)25/h4-11H,12H2,1-3H3,(H,28,29). The van der Waals surface area contributed by atoms with E-state index >= 15 is 0 Å². The second-order valence-corrected chi connectivity index (χ2v) is 8.66. The Kier molecular flexibility index (Phi) is 6.62. The number of carbonyl (C=O) groups is 2. The molecule has 3 rings (SSSR count). The molecular formula is C23H20Cl2N2O4. The van der Waals surface area contributed by atoms with Crippen LogP contribution in [0.15, 0.2) is 53.5 Å². The lowest BCUT2D eigenvalue weighted by Crippen LogP contribution is -2.24. The van der Waals surface area contributed by atoms with E-state index in [0.717, 1.165) is 5.39 Å². The summed E-state index contributed by atoms with van der Waals surface area (Å²) in [5, 5.41) is 11.2. The van der Waals surface area contributed by atoms with E-state index < -0.39 is 17.7 Å². The third-order valence-corrected chi connectivity index (χ3v) is 4.84. The fourth-order valence-electron chi connectivity index (χ4n) is 2.92. The minimum absolute atomic E-state index is 0.0391. The van der Waals surface area contributed by atoms with E-state index in [2.05, 4.69) is 9.98 Å². The van der Waals surface area contributed by atoms with Crippen LogP contribution in [-0.4, -0.2) is 33.5 Å². The molecule has 0 radical (unpaired) electrons. The van der Waals surface area contributed by atoms with Crippen LogP contribution in [0.3, 0.4) is 0 Å². The van der Waals surface area contributed by atoms with Crippen molar-refractivity contribution in [1.29, 1.82) is 0 Å². The molecule has 0 bridgehead atoms. The molecule has 0 aliphatic carbocycles. The number of carbonyl (C=O) groups excluding carboxylic acids is 1. The van der Waals surface area contributed by atoms with Crippen LogP contribution in [0.2, 0.25) is 10.0 Å². The maximum absolute atomic E-state index is 11.9. The predicted molar refractivity (Wildman–Crippen MR) is 122 cm³/mol. The first-order valence-corrected chi connectivity index (χ1v) is 10.2. The molecule has 160 valence electrons. The number of benzene rings is 2. The summed E-state index contributed by atoms with van der Waals surface area (Å²) in [7, 11) is 0. The molecule has 1 aromatic heterocycles. The van der Waals surface area contributed by atoms with Crippen molar-refractivity contribution in [3.8, 4) is 11.3 Å². The number of aliphatic imine (C=N–C) groups is 1. The number of rotatable bonds is 4. The SMILES string of the molecule is CC(C)(C)OC(=O)N=C(Cc1ccc2nc(-c3c(Cl)cccc3Cl)ccc2c1)C(=O)O. The Morgan fingerprint density at radius 1 is 1.06 bits per heavy atom. The summed E-state index contributed by atoms with van der Waals surface area (Å²) in [6.45, 7) is 5.05. The molecule has 0 spiro atoms. The molecule has 0 fully saturated rings. The molecule has 3 aromatic rings. The van der Waals surface area contributed by atoms with E-state index in [1.54, 1.807) is 63.2 Å². The Balaban J connectivity index is 1.90. The molecule has 1 heterocycles. The summed E-state index contributed by atoms with van der Waals surface area (Å²) < 4.78 is 5.08. The molecule has 1 amide bonds. The van der Waals surface area contributed by atoms with Crippen LogP contribution in [0.4, 0.5) is 4.79 Å². The maximum atomic E-state index is 11.9. The van der Waals surface area contributed by atoms with Crippen molar-refractivity contribution in [3.05, 3.63) is 64.1 Å². The highest BCUT2D eigenvalue weighted by atomic mass is 35.5. The number of hydrogen-bond acceptors (Lipinski definition) is 4. The number of carboxylic acid groups (broad SMARTS) is 1. The lowest BCUT2D eigenvalue weighted by atomic mass is 10.0. The van der Waals surface area contributed by atoms with Crippen LogP contribution in [-0.2, 0) is 16.0 Å². The van der Waals surface area contributed by atoms with Gasteiger partial charge in [0.25, 0.3) is 0 Å². The summed E-state index contributed by atoms with van der Waals surface area (Å²) in [5.41, 5.74) is 1.57. The highest BCUT2D eigenvalue weighted by molar-refractivity contribution is 6.39. The van der Waals surface area contributed by atoms with Crippen molar-refractivity contribution in [3.63, 3.8) is 0 Å². The smallest absolute Gasteiger partial charge is 0.434 e. The fraction of sp³-hybridized carbons (Fsp3) is 0.217. The largest absolute Gasteiger partial charge is 0.477 e. The molecule has 6 nitrogen and oxygen atoms in total. The minimum atomic E-state index is -1.28. The number of aliphatic carboxylic acids is 1. The van der Waals surface area contributed by atoms with E-state index in [1.807, 2.05) is 6.07 Å². The summed E-state index contributed by atoms with van der Waals surface area (Å²) in [6, 6.07) is 14.2. The average molecular weight is 459 g/mol. The predicted octanol–water partition coefficient (Wildman–Crippen LogP) is 6.21. The fourth-order valence-corrected chi connectivity index (χ4v) is 3.51. The zero-order valence-electron chi connectivity index (χ0n) is 17.1. The number of fused-ring (bicyclic) bond motifs is 1. The first-order valence-electron chi connectivity index (χ1n) is 9.41. The highest BCUT2D eigenvalue weighted by Gasteiger charge is 2.19. The normalized spacial score (nSPS) is 12.1. The third kappa shape index (κ3) is 5.81. The summed E-state index contributed by atoms with van der Waals surface area (Å²) in [6.07, 6.45) is -0.976. The van der Waals surface area contributed by atoms with E-state index in [9.17, 15) is 14.7 Å². The molecule has 1 N–H and O–H groups in total. The quantitative estimate of drug-likeness (QED) is 0.469. The average Bonchev–Trinajstić information content (AvgIpc) is 2.65. The Morgan fingerprint density at radius 2 is 1.74 bits per heavy atom. The van der Waals surface area contributed by atoms with Gasteiger partial charge >= 0.3 is 12.1 Å². The summed E-state index contributed by atoms with van der Waals surface area (Å²) in [4.78, 5) is 31.7. The molecule has 31 heavy (non-hydrogen) atoms. The van der Waals surface area contributed by atoms with Gasteiger partial charge in [-0.15, -0.1) is 0 Å². The summed E-state index contributed by atoms with van der Waals surface area (Å²) >= 11 is 12.6. The van der Waals surface area contributed by atoms with E-state index in [-0.39, 0.29) is 12.1 Å². The lowest BCUT2D eigenvalue weighted by Gasteiger charge is -2.17. The van der Waals surface area contributed by atoms with E-state index in [4.69, 9.17) is 27.9 Å². The van der Waals surface area contributed by atoms with Crippen molar-refractivity contribution in [2.24, 2.45) is 4.99 Å². The second kappa shape index (κ2) is 9.04. The Morgan fingerprint density at radius 3 is 2.35 bits per heavy atom. The lowest BCUT2D eigenvalue weighted by molar-refractivity contribution is -0.129. The number of ether oxygens (including phenoxy) is 1. The minimum Gasteiger partial charge on any atom is -0.477 e.